The van der Waals surface area contributed by atoms with E-state index in [0.29, 0.717) is 11.8 Å². The van der Waals surface area contributed by atoms with E-state index in [4.69, 9.17) is 0 Å². The minimum Gasteiger partial charge on any atom is -0.466 e. The summed E-state index contributed by atoms with van der Waals surface area (Å²) in [5.41, 5.74) is 0. The molecule has 0 aliphatic rings. The summed E-state index contributed by atoms with van der Waals surface area (Å²) in [6.07, 6.45) is -5.37. The molecule has 0 saturated heterocycles. The van der Waals surface area contributed by atoms with Crippen LogP contribution in [0.2, 0.25) is 0 Å². The second-order valence-electron chi connectivity index (χ2n) is 3.16. The van der Waals surface area contributed by atoms with Gasteiger partial charge < -0.3 is 9.47 Å². The van der Waals surface area contributed by atoms with E-state index in [1.165, 1.54) is 6.92 Å². The largest absolute Gasteiger partial charge is 0.466 e. The molecule has 0 aromatic rings. The van der Waals surface area contributed by atoms with E-state index in [1.54, 1.807) is 6.92 Å². The quantitative estimate of drug-likeness (QED) is 0.672. The van der Waals surface area contributed by atoms with Gasteiger partial charge in [0.2, 0.25) is 0 Å². The van der Waals surface area contributed by atoms with Crippen LogP contribution in [-0.2, 0) is 19.1 Å². The highest BCUT2D eigenvalue weighted by molar-refractivity contribution is 8.00. The van der Waals surface area contributed by atoms with Crippen LogP contribution in [0.1, 0.15) is 20.3 Å². The van der Waals surface area contributed by atoms with Gasteiger partial charge in [-0.2, -0.15) is 13.2 Å². The van der Waals surface area contributed by atoms with E-state index in [-0.39, 0.29) is 13.2 Å². The zero-order valence-corrected chi connectivity index (χ0v) is 10.9. The summed E-state index contributed by atoms with van der Waals surface area (Å²) in [7, 11) is 0. The highest BCUT2D eigenvalue weighted by Crippen LogP contribution is 2.33. The van der Waals surface area contributed by atoms with E-state index >= 15 is 0 Å². The SMILES string of the molecule is CCOC(=O)CSC(CC(=O)OCC)C(F)(F)F. The molecule has 8 heteroatoms. The highest BCUT2D eigenvalue weighted by atomic mass is 32.2. The molecule has 106 valence electrons. The fraction of sp³-hybridized carbons (Fsp3) is 0.800. The number of esters is 2. The van der Waals surface area contributed by atoms with Crippen LogP contribution < -0.4 is 0 Å². The molecular weight excluding hydrogens is 273 g/mol. The Balaban J connectivity index is 4.33. The molecule has 0 aliphatic carbocycles. The number of carbonyl (C=O) groups excluding carboxylic acids is 2. The van der Waals surface area contributed by atoms with Gasteiger partial charge in [0.05, 0.1) is 25.4 Å². The summed E-state index contributed by atoms with van der Waals surface area (Å²) in [4.78, 5) is 22.0. The zero-order chi connectivity index (χ0) is 14.2. The number of rotatable bonds is 7. The average Bonchev–Trinajstić information content (AvgIpc) is 2.23. The first kappa shape index (κ1) is 17.1. The van der Waals surface area contributed by atoms with Gasteiger partial charge in [-0.05, 0) is 13.8 Å². The van der Waals surface area contributed by atoms with Gasteiger partial charge >= 0.3 is 18.1 Å². The Morgan fingerprint density at radius 2 is 1.61 bits per heavy atom. The summed E-state index contributed by atoms with van der Waals surface area (Å²) in [6, 6.07) is 0. The van der Waals surface area contributed by atoms with Crippen LogP contribution in [0, 0.1) is 0 Å². The Kier molecular flexibility index (Phi) is 7.81. The fourth-order valence-electron chi connectivity index (χ4n) is 1.01. The second kappa shape index (κ2) is 8.23. The Labute approximate surface area is 107 Å². The van der Waals surface area contributed by atoms with Crippen LogP contribution in [-0.4, -0.2) is 42.3 Å². The van der Waals surface area contributed by atoms with Gasteiger partial charge in [0.1, 0.15) is 5.25 Å². The molecule has 0 aliphatic heterocycles. The molecule has 0 fully saturated rings. The lowest BCUT2D eigenvalue weighted by atomic mass is 10.3. The molecule has 0 bridgehead atoms. The van der Waals surface area contributed by atoms with Gasteiger partial charge in [0, 0.05) is 0 Å². The molecule has 4 nitrogen and oxygen atoms in total. The minimum absolute atomic E-state index is 0.0198. The van der Waals surface area contributed by atoms with Crippen LogP contribution in [0.4, 0.5) is 13.2 Å². The summed E-state index contributed by atoms with van der Waals surface area (Å²) in [5.74, 6) is -2.12. The Hall–Kier alpha value is -0.920. The lowest BCUT2D eigenvalue weighted by Gasteiger charge is -2.18. The van der Waals surface area contributed by atoms with Crippen molar-refractivity contribution in [2.45, 2.75) is 31.7 Å². The fourth-order valence-corrected chi connectivity index (χ4v) is 1.88. The van der Waals surface area contributed by atoms with Crippen molar-refractivity contribution in [3.8, 4) is 0 Å². The van der Waals surface area contributed by atoms with E-state index < -0.39 is 35.5 Å². The minimum atomic E-state index is -4.57. The number of thioether (sulfide) groups is 1. The molecular formula is C10H15F3O4S. The number of carbonyl (C=O) groups is 2. The normalized spacial score (nSPS) is 12.9. The average molecular weight is 288 g/mol. The molecule has 0 aromatic carbocycles. The molecule has 1 unspecified atom stereocenters. The van der Waals surface area contributed by atoms with E-state index in [0.717, 1.165) is 0 Å². The van der Waals surface area contributed by atoms with Gasteiger partial charge in [0.25, 0.3) is 0 Å². The van der Waals surface area contributed by atoms with E-state index in [1.807, 2.05) is 0 Å². The van der Waals surface area contributed by atoms with Crippen LogP contribution >= 0.6 is 11.8 Å². The third-order valence-corrected chi connectivity index (χ3v) is 2.97. The van der Waals surface area contributed by atoms with Gasteiger partial charge in [-0.15, -0.1) is 11.8 Å². The van der Waals surface area contributed by atoms with Crippen LogP contribution in [0.15, 0.2) is 0 Å². The maximum Gasteiger partial charge on any atom is 0.401 e. The molecule has 0 amide bonds. The lowest BCUT2D eigenvalue weighted by molar-refractivity contribution is -0.154. The summed E-state index contributed by atoms with van der Waals surface area (Å²) >= 11 is 0.330. The van der Waals surface area contributed by atoms with Crippen molar-refractivity contribution in [2.75, 3.05) is 19.0 Å². The molecule has 1 atom stereocenters. The van der Waals surface area contributed by atoms with E-state index in [2.05, 4.69) is 9.47 Å². The smallest absolute Gasteiger partial charge is 0.401 e. The maximum atomic E-state index is 12.6. The highest BCUT2D eigenvalue weighted by Gasteiger charge is 2.42. The lowest BCUT2D eigenvalue weighted by Crippen LogP contribution is -2.30. The molecule has 0 aromatic heterocycles. The molecule has 0 saturated carbocycles. The van der Waals surface area contributed by atoms with Crippen molar-refractivity contribution < 1.29 is 32.2 Å². The first-order valence-corrected chi connectivity index (χ1v) is 6.35. The predicted octanol–water partition coefficient (Wildman–Crippen LogP) is 2.17. The third kappa shape index (κ3) is 7.41. The Bertz CT molecular complexity index is 281. The Morgan fingerprint density at radius 1 is 1.11 bits per heavy atom. The standard InChI is InChI=1S/C10H15F3O4S/c1-3-16-8(14)5-7(10(11,12)13)18-6-9(15)17-4-2/h7H,3-6H2,1-2H3. The zero-order valence-electron chi connectivity index (χ0n) is 10.1. The third-order valence-electron chi connectivity index (χ3n) is 1.73. The van der Waals surface area contributed by atoms with Gasteiger partial charge in [-0.25, -0.2) is 0 Å². The van der Waals surface area contributed by atoms with Crippen LogP contribution in [0.5, 0.6) is 0 Å². The molecule has 18 heavy (non-hydrogen) atoms. The van der Waals surface area contributed by atoms with Crippen molar-refractivity contribution in [3.05, 3.63) is 0 Å². The van der Waals surface area contributed by atoms with Crippen molar-refractivity contribution in [1.29, 1.82) is 0 Å². The topological polar surface area (TPSA) is 52.6 Å². The summed E-state index contributed by atoms with van der Waals surface area (Å²) < 4.78 is 46.7. The number of alkyl halides is 3. The number of hydrogen-bond acceptors (Lipinski definition) is 5. The van der Waals surface area contributed by atoms with Gasteiger partial charge in [0.15, 0.2) is 0 Å². The molecule has 0 spiro atoms. The first-order valence-electron chi connectivity index (χ1n) is 5.30. The monoisotopic (exact) mass is 288 g/mol. The molecule has 0 radical (unpaired) electrons. The first-order chi connectivity index (χ1) is 8.31. The van der Waals surface area contributed by atoms with Gasteiger partial charge in [-0.3, -0.25) is 9.59 Å². The van der Waals surface area contributed by atoms with Gasteiger partial charge in [-0.1, -0.05) is 0 Å². The predicted molar refractivity (Wildman–Crippen MR) is 60.2 cm³/mol. The number of hydrogen-bond donors (Lipinski definition) is 0. The summed E-state index contributed by atoms with van der Waals surface area (Å²) in [6.45, 7) is 3.19. The van der Waals surface area contributed by atoms with Crippen molar-refractivity contribution >= 4 is 23.7 Å². The van der Waals surface area contributed by atoms with Crippen molar-refractivity contribution in [1.82, 2.24) is 0 Å². The summed E-state index contributed by atoms with van der Waals surface area (Å²) in [5, 5.41) is -1.96. The number of halogens is 3. The molecule has 0 N–H and O–H groups in total. The Morgan fingerprint density at radius 3 is 2.06 bits per heavy atom. The number of ether oxygens (including phenoxy) is 2. The van der Waals surface area contributed by atoms with E-state index in [9.17, 15) is 22.8 Å². The van der Waals surface area contributed by atoms with Crippen molar-refractivity contribution in [2.24, 2.45) is 0 Å². The molecule has 0 heterocycles. The second-order valence-corrected chi connectivity index (χ2v) is 4.35. The maximum absolute atomic E-state index is 12.6. The van der Waals surface area contributed by atoms with Crippen LogP contribution in [0.3, 0.4) is 0 Å². The van der Waals surface area contributed by atoms with Crippen LogP contribution in [0.25, 0.3) is 0 Å². The van der Waals surface area contributed by atoms with Crippen molar-refractivity contribution in [3.63, 3.8) is 0 Å². The molecule has 0 rings (SSSR count).